The van der Waals surface area contributed by atoms with Gasteiger partial charge in [-0.25, -0.2) is 8.42 Å². The Kier molecular flexibility index (Phi) is 3.86. The highest BCUT2D eigenvalue weighted by Crippen LogP contribution is 2.27. The number of nitro groups is 1. The first-order valence-corrected chi connectivity index (χ1v) is 7.59. The normalized spacial score (nSPS) is 16.9. The second-order valence-corrected chi connectivity index (χ2v) is 6.71. The summed E-state index contributed by atoms with van der Waals surface area (Å²) in [4.78, 5) is 10.1. The molecule has 0 aliphatic heterocycles. The number of sulfonamides is 1. The molecule has 0 N–H and O–H groups in total. The van der Waals surface area contributed by atoms with Crippen molar-refractivity contribution in [3.05, 3.63) is 34.4 Å². The highest BCUT2D eigenvalue weighted by Gasteiger charge is 2.30. The Morgan fingerprint density at radius 3 is 2.21 bits per heavy atom. The van der Waals surface area contributed by atoms with Gasteiger partial charge in [0.05, 0.1) is 9.82 Å². The van der Waals surface area contributed by atoms with Crippen molar-refractivity contribution < 1.29 is 13.3 Å². The number of non-ortho nitro benzene ring substituents is 1. The third-order valence-corrected chi connectivity index (χ3v) is 5.49. The molecule has 104 valence electrons. The van der Waals surface area contributed by atoms with Gasteiger partial charge in [-0.05, 0) is 25.0 Å². The van der Waals surface area contributed by atoms with Gasteiger partial charge in [-0.15, -0.1) is 0 Å². The molecule has 0 radical (unpaired) electrons. The van der Waals surface area contributed by atoms with E-state index in [0.29, 0.717) is 0 Å². The molecule has 1 aromatic carbocycles. The van der Waals surface area contributed by atoms with E-state index in [1.54, 1.807) is 7.05 Å². The maximum atomic E-state index is 12.4. The van der Waals surface area contributed by atoms with Gasteiger partial charge in [0.25, 0.3) is 5.69 Å². The van der Waals surface area contributed by atoms with Crippen LogP contribution >= 0.6 is 0 Å². The van der Waals surface area contributed by atoms with Crippen LogP contribution < -0.4 is 0 Å². The van der Waals surface area contributed by atoms with E-state index in [9.17, 15) is 18.5 Å². The summed E-state index contributed by atoms with van der Waals surface area (Å²) in [5, 5.41) is 10.6. The Morgan fingerprint density at radius 1 is 1.21 bits per heavy atom. The highest BCUT2D eigenvalue weighted by atomic mass is 32.2. The Hall–Kier alpha value is -1.47. The lowest BCUT2D eigenvalue weighted by Crippen LogP contribution is -2.35. The molecule has 2 rings (SSSR count). The van der Waals surface area contributed by atoms with Crippen molar-refractivity contribution in [2.75, 3.05) is 7.05 Å². The minimum atomic E-state index is -3.55. The largest absolute Gasteiger partial charge is 0.269 e. The molecule has 1 aliphatic carbocycles. The number of benzene rings is 1. The fourth-order valence-corrected chi connectivity index (χ4v) is 3.79. The van der Waals surface area contributed by atoms with E-state index in [2.05, 4.69) is 0 Å². The summed E-state index contributed by atoms with van der Waals surface area (Å²) in [6.45, 7) is 0. The van der Waals surface area contributed by atoms with Gasteiger partial charge in [0.15, 0.2) is 0 Å². The third kappa shape index (κ3) is 2.76. The van der Waals surface area contributed by atoms with Crippen LogP contribution in [0.1, 0.15) is 25.7 Å². The molecule has 1 aromatic rings. The van der Waals surface area contributed by atoms with E-state index in [0.717, 1.165) is 25.7 Å². The molecule has 1 saturated carbocycles. The van der Waals surface area contributed by atoms with Crippen molar-refractivity contribution in [2.24, 2.45) is 0 Å². The van der Waals surface area contributed by atoms with E-state index < -0.39 is 14.9 Å². The lowest BCUT2D eigenvalue weighted by Gasteiger charge is -2.23. The molecule has 0 saturated heterocycles. The van der Waals surface area contributed by atoms with Crippen LogP contribution in [-0.4, -0.2) is 30.7 Å². The molecular weight excluding hydrogens is 268 g/mol. The first kappa shape index (κ1) is 14.0. The van der Waals surface area contributed by atoms with E-state index in [-0.39, 0.29) is 16.6 Å². The van der Waals surface area contributed by atoms with Crippen molar-refractivity contribution in [3.63, 3.8) is 0 Å². The summed E-state index contributed by atoms with van der Waals surface area (Å²) in [5.74, 6) is 0. The van der Waals surface area contributed by atoms with Gasteiger partial charge in [-0.3, -0.25) is 10.1 Å². The van der Waals surface area contributed by atoms with Crippen molar-refractivity contribution in [1.82, 2.24) is 4.31 Å². The average molecular weight is 284 g/mol. The molecule has 6 nitrogen and oxygen atoms in total. The molecule has 0 aromatic heterocycles. The fraction of sp³-hybridized carbons (Fsp3) is 0.500. The lowest BCUT2D eigenvalue weighted by atomic mass is 10.3. The molecule has 0 heterocycles. The predicted molar refractivity (Wildman–Crippen MR) is 70.3 cm³/mol. The van der Waals surface area contributed by atoms with Gasteiger partial charge in [0.2, 0.25) is 10.0 Å². The molecule has 1 fully saturated rings. The van der Waals surface area contributed by atoms with Gasteiger partial charge in [-0.2, -0.15) is 4.31 Å². The van der Waals surface area contributed by atoms with Crippen LogP contribution in [-0.2, 0) is 10.0 Å². The van der Waals surface area contributed by atoms with Gasteiger partial charge in [-0.1, -0.05) is 12.8 Å². The molecule has 0 amide bonds. The first-order valence-electron chi connectivity index (χ1n) is 6.15. The van der Waals surface area contributed by atoms with Crippen molar-refractivity contribution in [1.29, 1.82) is 0 Å². The zero-order chi connectivity index (χ0) is 14.0. The molecule has 19 heavy (non-hydrogen) atoms. The van der Waals surface area contributed by atoms with Gasteiger partial charge in [0, 0.05) is 25.2 Å². The molecule has 1 aliphatic rings. The standard InChI is InChI=1S/C12H16N2O4S/c1-13(10-4-2-3-5-10)19(17,18)12-8-6-11(7-9-12)14(15)16/h6-10H,2-5H2,1H3. The van der Waals surface area contributed by atoms with Crippen molar-refractivity contribution in [2.45, 2.75) is 36.6 Å². The van der Waals surface area contributed by atoms with Crippen LogP contribution in [0.15, 0.2) is 29.2 Å². The third-order valence-electron chi connectivity index (χ3n) is 3.56. The average Bonchev–Trinajstić information content (AvgIpc) is 2.91. The number of nitrogens with zero attached hydrogens (tertiary/aromatic N) is 2. The Balaban J connectivity index is 2.25. The van der Waals surface area contributed by atoms with Crippen molar-refractivity contribution in [3.8, 4) is 0 Å². The van der Waals surface area contributed by atoms with E-state index >= 15 is 0 Å². The smallest absolute Gasteiger partial charge is 0.258 e. The quantitative estimate of drug-likeness (QED) is 0.626. The molecule has 0 spiro atoms. The minimum absolute atomic E-state index is 0.0418. The fourth-order valence-electron chi connectivity index (χ4n) is 2.37. The maximum absolute atomic E-state index is 12.4. The molecular formula is C12H16N2O4S. The summed E-state index contributed by atoms with van der Waals surface area (Å²) in [6, 6.07) is 5.06. The van der Waals surface area contributed by atoms with Crippen LogP contribution in [0.4, 0.5) is 5.69 Å². The first-order chi connectivity index (χ1) is 8.93. The topological polar surface area (TPSA) is 80.5 Å². The molecule has 0 bridgehead atoms. The number of hydrogen-bond acceptors (Lipinski definition) is 4. The summed E-state index contributed by atoms with van der Waals surface area (Å²) in [5.41, 5.74) is -0.109. The molecule has 0 atom stereocenters. The van der Waals surface area contributed by atoms with Crippen LogP contribution in [0, 0.1) is 10.1 Å². The Bertz CT molecular complexity index is 562. The van der Waals surface area contributed by atoms with Crippen LogP contribution in [0.2, 0.25) is 0 Å². The summed E-state index contributed by atoms with van der Waals surface area (Å²) in [6.07, 6.45) is 3.85. The summed E-state index contributed by atoms with van der Waals surface area (Å²) in [7, 11) is -1.98. The zero-order valence-electron chi connectivity index (χ0n) is 10.7. The zero-order valence-corrected chi connectivity index (χ0v) is 11.5. The van der Waals surface area contributed by atoms with E-state index in [1.807, 2.05) is 0 Å². The Morgan fingerprint density at radius 2 is 1.74 bits per heavy atom. The molecule has 7 heteroatoms. The second kappa shape index (κ2) is 5.26. The van der Waals surface area contributed by atoms with Crippen molar-refractivity contribution >= 4 is 15.7 Å². The monoisotopic (exact) mass is 284 g/mol. The summed E-state index contributed by atoms with van der Waals surface area (Å²) >= 11 is 0. The van der Waals surface area contributed by atoms with Gasteiger partial charge >= 0.3 is 0 Å². The summed E-state index contributed by atoms with van der Waals surface area (Å²) < 4.78 is 26.1. The van der Waals surface area contributed by atoms with E-state index in [4.69, 9.17) is 0 Å². The number of hydrogen-bond donors (Lipinski definition) is 0. The maximum Gasteiger partial charge on any atom is 0.269 e. The van der Waals surface area contributed by atoms with Crippen LogP contribution in [0.5, 0.6) is 0 Å². The second-order valence-electron chi connectivity index (χ2n) is 4.71. The number of rotatable bonds is 4. The molecule has 0 unspecified atom stereocenters. The number of nitro benzene ring substituents is 1. The van der Waals surface area contributed by atoms with Crippen LogP contribution in [0.25, 0.3) is 0 Å². The lowest BCUT2D eigenvalue weighted by molar-refractivity contribution is -0.384. The van der Waals surface area contributed by atoms with Gasteiger partial charge < -0.3 is 0 Å². The van der Waals surface area contributed by atoms with E-state index in [1.165, 1.54) is 28.6 Å². The predicted octanol–water partition coefficient (Wildman–Crippen LogP) is 2.16. The van der Waals surface area contributed by atoms with Gasteiger partial charge in [0.1, 0.15) is 0 Å². The Labute approximate surface area is 112 Å². The highest BCUT2D eigenvalue weighted by molar-refractivity contribution is 7.89. The minimum Gasteiger partial charge on any atom is -0.258 e. The van der Waals surface area contributed by atoms with Crippen LogP contribution in [0.3, 0.4) is 0 Å². The SMILES string of the molecule is CN(C1CCCC1)S(=O)(=O)c1ccc([N+](=O)[O-])cc1.